The van der Waals surface area contributed by atoms with Crippen molar-refractivity contribution < 1.29 is 4.74 Å². The van der Waals surface area contributed by atoms with Crippen molar-refractivity contribution in [3.05, 3.63) is 11.9 Å². The van der Waals surface area contributed by atoms with Gasteiger partial charge in [0, 0.05) is 12.8 Å². The summed E-state index contributed by atoms with van der Waals surface area (Å²) in [6.07, 6.45) is 4.25. The molecule has 1 aromatic rings. The lowest BCUT2D eigenvalue weighted by atomic mass is 10.4. The minimum Gasteiger partial charge on any atom is -0.380 e. The molecule has 0 aliphatic carbocycles. The van der Waals surface area contributed by atoms with Gasteiger partial charge in [-0.2, -0.15) is 0 Å². The smallest absolute Gasteiger partial charge is 0.0960 e. The van der Waals surface area contributed by atoms with E-state index in [2.05, 4.69) is 33.2 Å². The summed E-state index contributed by atoms with van der Waals surface area (Å²) in [5.41, 5.74) is 0.962. The molecular formula is C10H18BrN3O. The highest BCUT2D eigenvalue weighted by Crippen LogP contribution is 2.17. The fraction of sp³-hybridized carbons (Fsp3) is 0.800. The van der Waals surface area contributed by atoms with E-state index in [1.54, 1.807) is 0 Å². The molecule has 0 bridgehead atoms. The molecule has 0 aliphatic heterocycles. The number of rotatable bonds is 7. The third kappa shape index (κ3) is 4.75. The van der Waals surface area contributed by atoms with Crippen LogP contribution < -0.4 is 0 Å². The SMILES string of the molecule is CCCCOCCn1cc(C(C)Br)nn1. The summed E-state index contributed by atoms with van der Waals surface area (Å²) in [7, 11) is 0. The van der Waals surface area contributed by atoms with E-state index >= 15 is 0 Å². The summed E-state index contributed by atoms with van der Waals surface area (Å²) in [5, 5.41) is 8.05. The molecule has 0 spiro atoms. The van der Waals surface area contributed by atoms with Gasteiger partial charge in [0.2, 0.25) is 0 Å². The summed E-state index contributed by atoms with van der Waals surface area (Å²) in [5.74, 6) is 0. The lowest BCUT2D eigenvalue weighted by molar-refractivity contribution is 0.120. The zero-order valence-corrected chi connectivity index (χ0v) is 10.9. The highest BCUT2D eigenvalue weighted by Gasteiger charge is 2.05. The molecular weight excluding hydrogens is 258 g/mol. The Morgan fingerprint density at radius 3 is 2.93 bits per heavy atom. The van der Waals surface area contributed by atoms with Crippen LogP contribution in [0.25, 0.3) is 0 Å². The molecule has 1 atom stereocenters. The first-order chi connectivity index (χ1) is 7.24. The summed E-state index contributed by atoms with van der Waals surface area (Å²) >= 11 is 3.45. The molecule has 1 unspecified atom stereocenters. The average molecular weight is 276 g/mol. The first-order valence-electron chi connectivity index (χ1n) is 5.36. The van der Waals surface area contributed by atoms with E-state index in [1.807, 2.05) is 17.8 Å². The molecule has 15 heavy (non-hydrogen) atoms. The number of aromatic nitrogens is 3. The van der Waals surface area contributed by atoms with E-state index in [9.17, 15) is 0 Å². The van der Waals surface area contributed by atoms with Gasteiger partial charge in [-0.15, -0.1) is 5.10 Å². The lowest BCUT2D eigenvalue weighted by Gasteiger charge is -2.02. The molecule has 0 fully saturated rings. The van der Waals surface area contributed by atoms with Gasteiger partial charge >= 0.3 is 0 Å². The molecule has 0 aromatic carbocycles. The number of halogens is 1. The molecule has 0 saturated heterocycles. The monoisotopic (exact) mass is 275 g/mol. The predicted molar refractivity (Wildman–Crippen MR) is 63.1 cm³/mol. The fourth-order valence-electron chi connectivity index (χ4n) is 1.11. The van der Waals surface area contributed by atoms with E-state index in [-0.39, 0.29) is 4.83 Å². The largest absolute Gasteiger partial charge is 0.380 e. The van der Waals surface area contributed by atoms with Crippen LogP contribution in [0.3, 0.4) is 0 Å². The molecule has 1 rings (SSSR count). The highest BCUT2D eigenvalue weighted by atomic mass is 79.9. The molecule has 0 radical (unpaired) electrons. The topological polar surface area (TPSA) is 39.9 Å². The van der Waals surface area contributed by atoms with Gasteiger partial charge in [0.05, 0.1) is 23.7 Å². The van der Waals surface area contributed by atoms with Gasteiger partial charge in [-0.25, -0.2) is 4.68 Å². The fourth-order valence-corrected chi connectivity index (χ4v) is 1.32. The van der Waals surface area contributed by atoms with Crippen molar-refractivity contribution in [3.63, 3.8) is 0 Å². The molecule has 4 nitrogen and oxygen atoms in total. The molecule has 1 heterocycles. The van der Waals surface area contributed by atoms with E-state index in [0.717, 1.165) is 25.3 Å². The molecule has 0 saturated carbocycles. The quantitative estimate of drug-likeness (QED) is 0.567. The van der Waals surface area contributed by atoms with Crippen molar-refractivity contribution in [3.8, 4) is 0 Å². The normalized spacial score (nSPS) is 13.0. The maximum absolute atomic E-state index is 5.45. The molecule has 5 heteroatoms. The predicted octanol–water partition coefficient (Wildman–Crippen LogP) is 2.55. The maximum atomic E-state index is 5.45. The molecule has 0 aliphatic rings. The van der Waals surface area contributed by atoms with Crippen molar-refractivity contribution in [1.29, 1.82) is 0 Å². The number of hydrogen-bond acceptors (Lipinski definition) is 3. The van der Waals surface area contributed by atoms with Crippen LogP contribution in [0.15, 0.2) is 6.20 Å². The number of hydrogen-bond donors (Lipinski definition) is 0. The molecule has 1 aromatic heterocycles. The Morgan fingerprint density at radius 1 is 1.53 bits per heavy atom. The van der Waals surface area contributed by atoms with Crippen LogP contribution in [0.4, 0.5) is 0 Å². The third-order valence-corrected chi connectivity index (χ3v) is 2.54. The van der Waals surface area contributed by atoms with Crippen LogP contribution in [-0.4, -0.2) is 28.2 Å². The number of nitrogens with zero attached hydrogens (tertiary/aromatic N) is 3. The van der Waals surface area contributed by atoms with Crippen molar-refractivity contribution in [1.82, 2.24) is 15.0 Å². The Kier molecular flexibility index (Phi) is 5.86. The summed E-state index contributed by atoms with van der Waals surface area (Å²) in [6.45, 7) is 6.51. The number of unbranched alkanes of at least 4 members (excludes halogenated alkanes) is 1. The van der Waals surface area contributed by atoms with Gasteiger partial charge < -0.3 is 4.74 Å². The van der Waals surface area contributed by atoms with Crippen molar-refractivity contribution >= 4 is 15.9 Å². The maximum Gasteiger partial charge on any atom is 0.0960 e. The highest BCUT2D eigenvalue weighted by molar-refractivity contribution is 9.09. The Bertz CT molecular complexity index is 275. The first kappa shape index (κ1) is 12.6. The zero-order chi connectivity index (χ0) is 11.1. The van der Waals surface area contributed by atoms with E-state index in [0.29, 0.717) is 6.61 Å². The van der Waals surface area contributed by atoms with Crippen LogP contribution in [0.5, 0.6) is 0 Å². The first-order valence-corrected chi connectivity index (χ1v) is 6.27. The number of alkyl halides is 1. The summed E-state index contributed by atoms with van der Waals surface area (Å²) < 4.78 is 7.27. The van der Waals surface area contributed by atoms with E-state index < -0.39 is 0 Å². The summed E-state index contributed by atoms with van der Waals surface area (Å²) in [4.78, 5) is 0.257. The van der Waals surface area contributed by atoms with Crippen LogP contribution in [0.1, 0.15) is 37.2 Å². The Hall–Kier alpha value is -0.420. The second-order valence-corrected chi connectivity index (χ2v) is 4.86. The van der Waals surface area contributed by atoms with Gasteiger partial charge in [0.25, 0.3) is 0 Å². The number of ether oxygens (including phenoxy) is 1. The van der Waals surface area contributed by atoms with Crippen molar-refractivity contribution in [2.24, 2.45) is 0 Å². The van der Waals surface area contributed by atoms with Crippen molar-refractivity contribution in [2.45, 2.75) is 38.1 Å². The Balaban J connectivity index is 2.20. The van der Waals surface area contributed by atoms with Crippen LogP contribution in [-0.2, 0) is 11.3 Å². The average Bonchev–Trinajstić information content (AvgIpc) is 2.66. The van der Waals surface area contributed by atoms with Crippen LogP contribution in [0, 0.1) is 0 Å². The molecule has 0 N–H and O–H groups in total. The van der Waals surface area contributed by atoms with E-state index in [4.69, 9.17) is 4.74 Å². The van der Waals surface area contributed by atoms with Crippen LogP contribution >= 0.6 is 15.9 Å². The second kappa shape index (κ2) is 6.95. The minimum absolute atomic E-state index is 0.257. The van der Waals surface area contributed by atoms with Gasteiger partial charge in [-0.3, -0.25) is 0 Å². The van der Waals surface area contributed by atoms with Gasteiger partial charge in [-0.05, 0) is 13.3 Å². The standard InChI is InChI=1S/C10H18BrN3O/c1-3-4-6-15-7-5-14-8-10(9(2)11)12-13-14/h8-9H,3-7H2,1-2H3. The minimum atomic E-state index is 0.257. The molecule has 86 valence electrons. The Morgan fingerprint density at radius 2 is 2.33 bits per heavy atom. The molecule has 0 amide bonds. The lowest BCUT2D eigenvalue weighted by Crippen LogP contribution is -2.07. The zero-order valence-electron chi connectivity index (χ0n) is 9.32. The van der Waals surface area contributed by atoms with Gasteiger partial charge in [0.1, 0.15) is 0 Å². The van der Waals surface area contributed by atoms with Gasteiger partial charge in [0.15, 0.2) is 0 Å². The third-order valence-electron chi connectivity index (χ3n) is 2.07. The van der Waals surface area contributed by atoms with Gasteiger partial charge in [-0.1, -0.05) is 34.5 Å². The Labute approximate surface area is 99.1 Å². The van der Waals surface area contributed by atoms with Crippen LogP contribution in [0.2, 0.25) is 0 Å². The van der Waals surface area contributed by atoms with Crippen molar-refractivity contribution in [2.75, 3.05) is 13.2 Å². The summed E-state index contributed by atoms with van der Waals surface area (Å²) in [6, 6.07) is 0. The second-order valence-electron chi connectivity index (χ2n) is 3.49. The van der Waals surface area contributed by atoms with E-state index in [1.165, 1.54) is 6.42 Å².